The zero-order valence-corrected chi connectivity index (χ0v) is 11.3. The van der Waals surface area contributed by atoms with Crippen LogP contribution in [0.2, 0.25) is 0 Å². The summed E-state index contributed by atoms with van der Waals surface area (Å²) < 4.78 is 4.59. The van der Waals surface area contributed by atoms with Crippen LogP contribution < -0.4 is 5.32 Å². The van der Waals surface area contributed by atoms with Gasteiger partial charge in [-0.3, -0.25) is 4.79 Å². The van der Waals surface area contributed by atoms with Crippen molar-refractivity contribution in [1.82, 2.24) is 0 Å². The number of methoxy groups -OCH3 is 1. The summed E-state index contributed by atoms with van der Waals surface area (Å²) in [6, 6.07) is 12.7. The number of esters is 1. The second kappa shape index (κ2) is 6.35. The number of anilines is 1. The molecule has 0 unspecified atom stereocenters. The first kappa shape index (κ1) is 14.3. The van der Waals surface area contributed by atoms with E-state index in [1.165, 1.54) is 19.2 Å². The van der Waals surface area contributed by atoms with E-state index in [0.29, 0.717) is 22.5 Å². The second-order valence-corrected chi connectivity index (χ2v) is 4.18. The minimum absolute atomic E-state index is 0.290. The molecule has 5 heteroatoms. The molecule has 0 heterocycles. The summed E-state index contributed by atoms with van der Waals surface area (Å²) in [5.74, 6) is -0.737. The summed E-state index contributed by atoms with van der Waals surface area (Å²) in [5.41, 5.74) is 1.92. The highest BCUT2D eigenvalue weighted by atomic mass is 16.5. The van der Waals surface area contributed by atoms with Gasteiger partial charge in [0, 0.05) is 11.3 Å². The molecular formula is C16H12N2O3. The second-order valence-electron chi connectivity index (χ2n) is 4.18. The maximum absolute atomic E-state index is 12.0. The van der Waals surface area contributed by atoms with E-state index in [9.17, 15) is 9.59 Å². The van der Waals surface area contributed by atoms with Crippen LogP contribution in [0.1, 0.15) is 20.7 Å². The fourth-order valence-electron chi connectivity index (χ4n) is 1.70. The van der Waals surface area contributed by atoms with E-state index in [1.54, 1.807) is 36.4 Å². The van der Waals surface area contributed by atoms with E-state index < -0.39 is 5.97 Å². The van der Waals surface area contributed by atoms with Crippen molar-refractivity contribution < 1.29 is 14.3 Å². The van der Waals surface area contributed by atoms with Crippen molar-refractivity contribution in [2.45, 2.75) is 0 Å². The van der Waals surface area contributed by atoms with Crippen molar-refractivity contribution in [2.24, 2.45) is 0 Å². The predicted molar refractivity (Wildman–Crippen MR) is 78.4 cm³/mol. The van der Waals surface area contributed by atoms with E-state index in [0.717, 1.165) is 0 Å². The van der Waals surface area contributed by atoms with E-state index in [4.69, 9.17) is 6.57 Å². The molecular weight excluding hydrogens is 268 g/mol. The van der Waals surface area contributed by atoms with Gasteiger partial charge in [-0.1, -0.05) is 12.1 Å². The Morgan fingerprint density at radius 1 is 1.00 bits per heavy atom. The predicted octanol–water partition coefficient (Wildman–Crippen LogP) is 3.28. The topological polar surface area (TPSA) is 59.8 Å². The molecule has 0 saturated heterocycles. The molecule has 0 saturated carbocycles. The first-order chi connectivity index (χ1) is 10.1. The summed E-state index contributed by atoms with van der Waals surface area (Å²) in [4.78, 5) is 26.6. The van der Waals surface area contributed by atoms with Gasteiger partial charge in [-0.25, -0.2) is 9.64 Å². The number of amides is 1. The van der Waals surface area contributed by atoms with Gasteiger partial charge in [0.15, 0.2) is 5.69 Å². The Balaban J connectivity index is 2.09. The van der Waals surface area contributed by atoms with Gasteiger partial charge in [0.1, 0.15) is 0 Å². The monoisotopic (exact) mass is 280 g/mol. The van der Waals surface area contributed by atoms with Crippen LogP contribution in [0.3, 0.4) is 0 Å². The average Bonchev–Trinajstić information content (AvgIpc) is 2.55. The van der Waals surface area contributed by atoms with Crippen LogP contribution in [0.25, 0.3) is 4.85 Å². The Morgan fingerprint density at radius 3 is 2.10 bits per heavy atom. The molecule has 0 fully saturated rings. The van der Waals surface area contributed by atoms with Crippen LogP contribution in [0, 0.1) is 6.57 Å². The molecule has 5 nitrogen and oxygen atoms in total. The van der Waals surface area contributed by atoms with Crippen LogP contribution >= 0.6 is 0 Å². The fourth-order valence-corrected chi connectivity index (χ4v) is 1.70. The maximum Gasteiger partial charge on any atom is 0.337 e. The first-order valence-corrected chi connectivity index (χ1v) is 6.11. The number of carbonyl (C=O) groups is 2. The average molecular weight is 280 g/mol. The molecule has 0 aromatic heterocycles. The Hall–Kier alpha value is -3.13. The fraction of sp³-hybridized carbons (Fsp3) is 0.0625. The minimum Gasteiger partial charge on any atom is -0.465 e. The molecule has 0 spiro atoms. The van der Waals surface area contributed by atoms with Crippen molar-refractivity contribution in [3.8, 4) is 0 Å². The highest BCUT2D eigenvalue weighted by molar-refractivity contribution is 6.04. The normalized spacial score (nSPS) is 9.52. The van der Waals surface area contributed by atoms with Crippen LogP contribution in [-0.4, -0.2) is 19.0 Å². The van der Waals surface area contributed by atoms with Gasteiger partial charge in [0.2, 0.25) is 0 Å². The lowest BCUT2D eigenvalue weighted by Crippen LogP contribution is -2.12. The van der Waals surface area contributed by atoms with E-state index in [-0.39, 0.29) is 5.91 Å². The third kappa shape index (κ3) is 3.45. The number of nitrogens with zero attached hydrogens (tertiary/aromatic N) is 1. The molecule has 2 aromatic carbocycles. The molecule has 0 atom stereocenters. The number of ether oxygens (including phenoxy) is 1. The van der Waals surface area contributed by atoms with Crippen LogP contribution in [0.15, 0.2) is 48.5 Å². The quantitative estimate of drug-likeness (QED) is 0.693. The molecule has 2 aromatic rings. The summed E-state index contributed by atoms with van der Waals surface area (Å²) in [6.07, 6.45) is 0. The van der Waals surface area contributed by atoms with Crippen molar-refractivity contribution in [1.29, 1.82) is 0 Å². The SMILES string of the molecule is [C-]#[N+]c1ccc(NC(=O)c2ccc(C(=O)OC)cc2)cc1. The summed E-state index contributed by atoms with van der Waals surface area (Å²) in [7, 11) is 1.30. The van der Waals surface area contributed by atoms with Gasteiger partial charge in [0.25, 0.3) is 5.91 Å². The Labute approximate surface area is 122 Å². The van der Waals surface area contributed by atoms with Gasteiger partial charge in [-0.05, 0) is 36.4 Å². The van der Waals surface area contributed by atoms with Gasteiger partial charge >= 0.3 is 5.97 Å². The number of hydrogen-bond acceptors (Lipinski definition) is 3. The van der Waals surface area contributed by atoms with Crippen LogP contribution in [0.4, 0.5) is 11.4 Å². The molecule has 0 aliphatic heterocycles. The number of rotatable bonds is 3. The molecule has 0 aliphatic carbocycles. The van der Waals surface area contributed by atoms with E-state index in [2.05, 4.69) is 14.9 Å². The summed E-state index contributed by atoms with van der Waals surface area (Å²) >= 11 is 0. The molecule has 21 heavy (non-hydrogen) atoms. The van der Waals surface area contributed by atoms with E-state index in [1.807, 2.05) is 0 Å². The molecule has 2 rings (SSSR count). The first-order valence-electron chi connectivity index (χ1n) is 6.11. The van der Waals surface area contributed by atoms with Crippen molar-refractivity contribution in [3.05, 3.63) is 71.1 Å². The van der Waals surface area contributed by atoms with Crippen LogP contribution in [0.5, 0.6) is 0 Å². The minimum atomic E-state index is -0.448. The third-order valence-corrected chi connectivity index (χ3v) is 2.82. The van der Waals surface area contributed by atoms with Gasteiger partial charge in [-0.2, -0.15) is 0 Å². The van der Waals surface area contributed by atoms with Gasteiger partial charge in [-0.15, -0.1) is 0 Å². The lowest BCUT2D eigenvalue weighted by Gasteiger charge is -2.06. The third-order valence-electron chi connectivity index (χ3n) is 2.82. The highest BCUT2D eigenvalue weighted by Gasteiger charge is 2.09. The smallest absolute Gasteiger partial charge is 0.337 e. The number of hydrogen-bond donors (Lipinski definition) is 1. The number of carbonyl (C=O) groups excluding carboxylic acids is 2. The Bertz CT molecular complexity index is 698. The molecule has 1 N–H and O–H groups in total. The zero-order chi connectivity index (χ0) is 15.2. The maximum atomic E-state index is 12.0. The van der Waals surface area contributed by atoms with E-state index >= 15 is 0 Å². The number of nitrogens with one attached hydrogen (secondary N) is 1. The standard InChI is InChI=1S/C16H12N2O3/c1-17-13-7-9-14(10-8-13)18-15(19)11-3-5-12(6-4-11)16(20)21-2/h3-10H,2H3,(H,18,19). The Morgan fingerprint density at radius 2 is 1.57 bits per heavy atom. The molecule has 104 valence electrons. The van der Waals surface area contributed by atoms with Gasteiger partial charge in [0.05, 0.1) is 19.2 Å². The van der Waals surface area contributed by atoms with Crippen LogP contribution in [-0.2, 0) is 4.74 Å². The molecule has 0 radical (unpaired) electrons. The lowest BCUT2D eigenvalue weighted by atomic mass is 10.1. The molecule has 0 aliphatic rings. The highest BCUT2D eigenvalue weighted by Crippen LogP contribution is 2.17. The zero-order valence-electron chi connectivity index (χ0n) is 11.3. The van der Waals surface area contributed by atoms with Gasteiger partial charge < -0.3 is 10.1 Å². The van der Waals surface area contributed by atoms with Crippen molar-refractivity contribution in [3.63, 3.8) is 0 Å². The number of benzene rings is 2. The molecule has 1 amide bonds. The van der Waals surface area contributed by atoms with Crippen molar-refractivity contribution in [2.75, 3.05) is 12.4 Å². The Kier molecular flexibility index (Phi) is 4.32. The largest absolute Gasteiger partial charge is 0.465 e. The lowest BCUT2D eigenvalue weighted by molar-refractivity contribution is 0.0600. The summed E-state index contributed by atoms with van der Waals surface area (Å²) in [5, 5.41) is 2.71. The summed E-state index contributed by atoms with van der Waals surface area (Å²) in [6.45, 7) is 6.86. The molecule has 0 bridgehead atoms. The van der Waals surface area contributed by atoms with Crippen molar-refractivity contribution >= 4 is 23.3 Å².